The Balaban J connectivity index is 1.79. The normalized spacial score (nSPS) is 11.6. The standard InChI is InChI=1S/C29H34AsN5O3/c1-7-14-22-19-23(33-35(22)21-17-12-9-13-18-21)26(36)31-25-24(27(37)38-29(2,3)4)34(28(32-25)30(5)6)20-15-10-8-11-16-20/h8-13,15-19H,7,14H2,1-6H3,(H,31,36). The average Bonchev–Trinajstić information content (AvgIpc) is 3.47. The van der Waals surface area contributed by atoms with Crippen LogP contribution < -0.4 is 9.93 Å². The minimum absolute atomic E-state index is 0.178. The van der Waals surface area contributed by atoms with Crippen LogP contribution in [-0.2, 0) is 11.2 Å². The SMILES string of the molecule is CCCc1cc(C(=O)Nc2nc([As](C)C)n(-c3ccccc3)c2C(=O)OC(C)(C)C)nn1-c1ccccc1. The molecule has 1 N–H and O–H groups in total. The Labute approximate surface area is 228 Å². The number of esters is 1. The molecule has 9 heteroatoms. The van der Waals surface area contributed by atoms with Crippen molar-refractivity contribution >= 4 is 37.0 Å². The summed E-state index contributed by atoms with van der Waals surface area (Å²) in [7, 11) is 0. The van der Waals surface area contributed by atoms with Crippen LogP contribution in [0.4, 0.5) is 5.82 Å². The van der Waals surface area contributed by atoms with E-state index in [1.165, 1.54) is 0 Å². The molecule has 8 nitrogen and oxygen atoms in total. The number of aromatic nitrogens is 4. The number of carbonyl (C=O) groups excluding carboxylic acids is 2. The van der Waals surface area contributed by atoms with Crippen LogP contribution in [0.2, 0.25) is 11.4 Å². The molecule has 0 spiro atoms. The summed E-state index contributed by atoms with van der Waals surface area (Å²) in [5, 5.41) is 7.50. The van der Waals surface area contributed by atoms with Gasteiger partial charge >= 0.3 is 229 Å². The van der Waals surface area contributed by atoms with Crippen LogP contribution in [0.25, 0.3) is 11.4 Å². The van der Waals surface area contributed by atoms with E-state index in [-0.39, 0.29) is 17.2 Å². The maximum absolute atomic E-state index is 13.5. The molecule has 0 atom stereocenters. The number of benzene rings is 2. The van der Waals surface area contributed by atoms with Crippen LogP contribution in [0, 0.1) is 0 Å². The van der Waals surface area contributed by atoms with Crippen molar-refractivity contribution in [2.24, 2.45) is 0 Å². The monoisotopic (exact) mass is 575 g/mol. The number of nitrogens with one attached hydrogen (secondary N) is 1. The molecule has 0 aliphatic rings. The number of amides is 1. The molecular weight excluding hydrogens is 541 g/mol. The number of hydrogen-bond acceptors (Lipinski definition) is 5. The number of para-hydroxylation sites is 2. The Bertz CT molecular complexity index is 1420. The van der Waals surface area contributed by atoms with Crippen LogP contribution >= 0.6 is 0 Å². The summed E-state index contributed by atoms with van der Waals surface area (Å²) in [4.78, 5) is 31.8. The Morgan fingerprint density at radius 2 is 1.58 bits per heavy atom. The van der Waals surface area contributed by atoms with Gasteiger partial charge in [-0.25, -0.2) is 0 Å². The fourth-order valence-corrected chi connectivity index (χ4v) is 5.98. The van der Waals surface area contributed by atoms with Crippen LogP contribution in [-0.4, -0.2) is 51.5 Å². The first-order valence-corrected chi connectivity index (χ1v) is 17.3. The van der Waals surface area contributed by atoms with E-state index < -0.39 is 32.1 Å². The average molecular weight is 576 g/mol. The Hall–Kier alpha value is -3.64. The van der Waals surface area contributed by atoms with Crippen molar-refractivity contribution in [3.8, 4) is 11.4 Å². The van der Waals surface area contributed by atoms with Gasteiger partial charge in [0.25, 0.3) is 0 Å². The van der Waals surface area contributed by atoms with E-state index >= 15 is 0 Å². The molecule has 4 rings (SSSR count). The van der Waals surface area contributed by atoms with Crippen molar-refractivity contribution in [3.05, 3.63) is 83.8 Å². The first kappa shape index (κ1) is 27.4. The van der Waals surface area contributed by atoms with E-state index in [4.69, 9.17) is 9.72 Å². The third kappa shape index (κ3) is 6.08. The molecule has 198 valence electrons. The van der Waals surface area contributed by atoms with Gasteiger partial charge in [0, 0.05) is 0 Å². The maximum atomic E-state index is 13.5. The van der Waals surface area contributed by atoms with Crippen LogP contribution in [0.15, 0.2) is 66.7 Å². The van der Waals surface area contributed by atoms with Gasteiger partial charge < -0.3 is 0 Å². The third-order valence-electron chi connectivity index (χ3n) is 5.62. The molecule has 0 aliphatic heterocycles. The van der Waals surface area contributed by atoms with Gasteiger partial charge in [0.1, 0.15) is 0 Å². The number of rotatable bonds is 8. The van der Waals surface area contributed by atoms with Gasteiger partial charge in [0.15, 0.2) is 0 Å². The van der Waals surface area contributed by atoms with Gasteiger partial charge in [-0.05, 0) is 0 Å². The van der Waals surface area contributed by atoms with Crippen molar-refractivity contribution in [2.45, 2.75) is 57.6 Å². The van der Waals surface area contributed by atoms with E-state index in [0.29, 0.717) is 0 Å². The Morgan fingerprint density at radius 1 is 0.974 bits per heavy atom. The zero-order valence-electron chi connectivity index (χ0n) is 22.7. The number of anilines is 1. The Morgan fingerprint density at radius 3 is 2.13 bits per heavy atom. The molecule has 0 unspecified atom stereocenters. The van der Waals surface area contributed by atoms with E-state index in [1.807, 2.05) is 86.0 Å². The van der Waals surface area contributed by atoms with Crippen molar-refractivity contribution < 1.29 is 14.3 Å². The first-order valence-electron chi connectivity index (χ1n) is 12.6. The zero-order valence-corrected chi connectivity index (χ0v) is 24.6. The van der Waals surface area contributed by atoms with E-state index in [1.54, 1.807) is 10.7 Å². The van der Waals surface area contributed by atoms with Gasteiger partial charge in [-0.15, -0.1) is 0 Å². The number of imidazole rings is 1. The zero-order chi connectivity index (χ0) is 27.4. The van der Waals surface area contributed by atoms with Gasteiger partial charge in [-0.2, -0.15) is 0 Å². The summed E-state index contributed by atoms with van der Waals surface area (Å²) in [6.07, 6.45) is 1.68. The molecule has 1 amide bonds. The molecule has 0 saturated heterocycles. The van der Waals surface area contributed by atoms with Crippen LogP contribution in [0.1, 0.15) is 60.8 Å². The topological polar surface area (TPSA) is 91.0 Å². The minimum atomic E-state index is -1.62. The molecule has 0 fully saturated rings. The molecule has 0 radical (unpaired) electrons. The summed E-state index contributed by atoms with van der Waals surface area (Å²) >= 11 is -1.62. The number of aryl methyl sites for hydroxylation is 1. The molecule has 0 bridgehead atoms. The number of ether oxygens (including phenoxy) is 1. The van der Waals surface area contributed by atoms with Crippen LogP contribution in [0.5, 0.6) is 0 Å². The fraction of sp³-hybridized carbons (Fsp3) is 0.310. The third-order valence-corrected chi connectivity index (χ3v) is 7.93. The molecule has 0 aliphatic carbocycles. The van der Waals surface area contributed by atoms with Crippen molar-refractivity contribution in [2.75, 3.05) is 5.32 Å². The van der Waals surface area contributed by atoms with Gasteiger partial charge in [0.2, 0.25) is 0 Å². The first-order chi connectivity index (χ1) is 18.1. The Kier molecular flexibility index (Phi) is 8.22. The van der Waals surface area contributed by atoms with E-state index in [2.05, 4.69) is 28.8 Å². The second-order valence-corrected chi connectivity index (χ2v) is 14.7. The number of carbonyl (C=O) groups is 2. The summed E-state index contributed by atoms with van der Waals surface area (Å²) < 4.78 is 10.2. The van der Waals surface area contributed by atoms with E-state index in [0.717, 1.165) is 34.5 Å². The molecular formula is C29H34AsN5O3. The molecule has 4 aromatic rings. The summed E-state index contributed by atoms with van der Waals surface area (Å²) in [6.45, 7) is 7.53. The van der Waals surface area contributed by atoms with Gasteiger partial charge in [-0.1, -0.05) is 0 Å². The molecule has 2 aromatic carbocycles. The van der Waals surface area contributed by atoms with Crippen molar-refractivity contribution in [1.82, 2.24) is 19.3 Å². The second-order valence-electron chi connectivity index (χ2n) is 10.1. The molecule has 38 heavy (non-hydrogen) atoms. The predicted molar refractivity (Wildman–Crippen MR) is 151 cm³/mol. The van der Waals surface area contributed by atoms with E-state index in [9.17, 15) is 9.59 Å². The predicted octanol–water partition coefficient (Wildman–Crippen LogP) is 5.18. The van der Waals surface area contributed by atoms with Crippen molar-refractivity contribution in [1.29, 1.82) is 0 Å². The van der Waals surface area contributed by atoms with Crippen LogP contribution in [0.3, 0.4) is 0 Å². The van der Waals surface area contributed by atoms with Gasteiger partial charge in [-0.3, -0.25) is 0 Å². The molecule has 0 saturated carbocycles. The quantitative estimate of drug-likeness (QED) is 0.231. The van der Waals surface area contributed by atoms with Gasteiger partial charge in [0.05, 0.1) is 0 Å². The molecule has 2 aromatic heterocycles. The van der Waals surface area contributed by atoms with Crippen molar-refractivity contribution in [3.63, 3.8) is 0 Å². The second kappa shape index (κ2) is 11.4. The summed E-state index contributed by atoms with van der Waals surface area (Å²) in [5.41, 5.74) is 6.62. The number of hydrogen-bond donors (Lipinski definition) is 1. The summed E-state index contributed by atoms with van der Waals surface area (Å²) in [6, 6.07) is 21.1. The fourth-order valence-electron chi connectivity index (χ4n) is 4.06. The molecule has 2 heterocycles. The summed E-state index contributed by atoms with van der Waals surface area (Å²) in [5.74, 6) is -0.803. The number of nitrogens with zero attached hydrogens (tertiary/aromatic N) is 4.